The lowest BCUT2D eigenvalue weighted by Crippen LogP contribution is -2.08. The third-order valence-electron chi connectivity index (χ3n) is 1.80. The van der Waals surface area contributed by atoms with Gasteiger partial charge < -0.3 is 0 Å². The molecular formula is C7H16O6S2. The first kappa shape index (κ1) is 14.8. The summed E-state index contributed by atoms with van der Waals surface area (Å²) >= 11 is 0. The fourth-order valence-electron chi connectivity index (χ4n) is 1.00. The van der Waals surface area contributed by atoms with E-state index in [1.807, 2.05) is 0 Å². The van der Waals surface area contributed by atoms with Crippen molar-refractivity contribution in [2.24, 2.45) is 0 Å². The van der Waals surface area contributed by atoms with Gasteiger partial charge in [0.2, 0.25) is 0 Å². The average Bonchev–Trinajstić information content (AvgIpc) is 2.09. The molecule has 0 aromatic rings. The largest absolute Gasteiger partial charge is 0.286 e. The molecule has 0 saturated heterocycles. The second kappa shape index (κ2) is 6.41. The fraction of sp³-hybridized carbons (Fsp3) is 1.00. The van der Waals surface area contributed by atoms with Crippen molar-refractivity contribution in [2.45, 2.75) is 25.7 Å². The Labute approximate surface area is 90.5 Å². The first-order chi connectivity index (χ1) is 6.77. The van der Waals surface area contributed by atoms with E-state index in [0.717, 1.165) is 7.11 Å². The lowest BCUT2D eigenvalue weighted by molar-refractivity contribution is 0.396. The molecule has 0 rings (SSSR count). The monoisotopic (exact) mass is 260 g/mol. The minimum absolute atomic E-state index is 0.0601. The molecule has 0 saturated carbocycles. The van der Waals surface area contributed by atoms with Crippen molar-refractivity contribution in [3.8, 4) is 0 Å². The van der Waals surface area contributed by atoms with Crippen LogP contribution in [-0.2, 0) is 24.4 Å². The molecule has 0 unspecified atom stereocenters. The Morgan fingerprint density at radius 2 is 1.40 bits per heavy atom. The summed E-state index contributed by atoms with van der Waals surface area (Å²) in [6.45, 7) is 0. The zero-order valence-electron chi connectivity index (χ0n) is 8.55. The molecule has 0 fully saturated rings. The van der Waals surface area contributed by atoms with Gasteiger partial charge in [-0.3, -0.25) is 8.74 Å². The molecule has 6 nitrogen and oxygen atoms in total. The Bertz CT molecular complexity index is 355. The van der Waals surface area contributed by atoms with Crippen LogP contribution in [-0.4, -0.2) is 40.0 Å². The van der Waals surface area contributed by atoms with Crippen molar-refractivity contribution in [3.63, 3.8) is 0 Å². The van der Waals surface area contributed by atoms with E-state index in [4.69, 9.17) is 4.55 Å². The topological polar surface area (TPSA) is 97.7 Å². The van der Waals surface area contributed by atoms with Crippen LogP contribution in [0.5, 0.6) is 0 Å². The predicted octanol–water partition coefficient (Wildman–Crippen LogP) is 0.411. The van der Waals surface area contributed by atoms with Crippen LogP contribution in [0, 0.1) is 0 Å². The van der Waals surface area contributed by atoms with E-state index in [1.54, 1.807) is 0 Å². The Morgan fingerprint density at radius 3 is 1.80 bits per heavy atom. The summed E-state index contributed by atoms with van der Waals surface area (Å²) < 4.78 is 54.9. The summed E-state index contributed by atoms with van der Waals surface area (Å²) in [5.74, 6) is -0.334. The number of hydrogen-bond donors (Lipinski definition) is 1. The summed E-state index contributed by atoms with van der Waals surface area (Å²) in [4.78, 5) is 0. The van der Waals surface area contributed by atoms with Crippen LogP contribution in [0.2, 0.25) is 0 Å². The molecule has 15 heavy (non-hydrogen) atoms. The van der Waals surface area contributed by atoms with E-state index < -0.39 is 20.2 Å². The Kier molecular flexibility index (Phi) is 6.34. The maximum absolute atomic E-state index is 10.8. The van der Waals surface area contributed by atoms with Crippen molar-refractivity contribution in [1.82, 2.24) is 0 Å². The van der Waals surface area contributed by atoms with E-state index in [9.17, 15) is 16.8 Å². The molecule has 0 radical (unpaired) electrons. The van der Waals surface area contributed by atoms with Gasteiger partial charge in [-0.05, 0) is 12.8 Å². The molecule has 0 aliphatic heterocycles. The summed E-state index contributed by atoms with van der Waals surface area (Å²) in [6, 6.07) is 0. The third kappa shape index (κ3) is 10.1. The number of unbranched alkanes of at least 4 members (excludes halogenated alkanes) is 3. The van der Waals surface area contributed by atoms with Gasteiger partial charge in [0.15, 0.2) is 0 Å². The van der Waals surface area contributed by atoms with Crippen LogP contribution < -0.4 is 0 Å². The SMILES string of the molecule is COS(=O)(=O)CCCCCCS(=O)(=O)O. The average molecular weight is 260 g/mol. The molecule has 0 heterocycles. The van der Waals surface area contributed by atoms with Gasteiger partial charge in [0.1, 0.15) is 0 Å². The molecule has 0 spiro atoms. The standard InChI is InChI=1S/C7H16O6S2/c1-13-15(11,12)7-5-3-2-4-6-14(8,9)10/h2-7H2,1H3,(H,8,9,10). The van der Waals surface area contributed by atoms with E-state index in [1.165, 1.54) is 0 Å². The van der Waals surface area contributed by atoms with E-state index in [0.29, 0.717) is 25.7 Å². The predicted molar refractivity (Wildman–Crippen MR) is 55.7 cm³/mol. The molecular weight excluding hydrogens is 244 g/mol. The molecule has 0 aromatic carbocycles. The minimum atomic E-state index is -3.89. The second-order valence-corrected chi connectivity index (χ2v) is 6.56. The van der Waals surface area contributed by atoms with Crippen LogP contribution in [0.1, 0.15) is 25.7 Å². The van der Waals surface area contributed by atoms with Gasteiger partial charge in [0, 0.05) is 0 Å². The molecule has 0 aliphatic rings. The molecule has 1 N–H and O–H groups in total. The Balaban J connectivity index is 3.50. The van der Waals surface area contributed by atoms with Crippen LogP contribution >= 0.6 is 0 Å². The Hall–Kier alpha value is -0.180. The molecule has 0 aliphatic carbocycles. The van der Waals surface area contributed by atoms with Gasteiger partial charge in [-0.25, -0.2) is 0 Å². The highest BCUT2D eigenvalue weighted by atomic mass is 32.2. The van der Waals surface area contributed by atoms with Crippen LogP contribution in [0.25, 0.3) is 0 Å². The normalized spacial score (nSPS) is 12.9. The van der Waals surface area contributed by atoms with Gasteiger partial charge in [-0.2, -0.15) is 16.8 Å². The van der Waals surface area contributed by atoms with Crippen molar-refractivity contribution in [3.05, 3.63) is 0 Å². The van der Waals surface area contributed by atoms with Crippen LogP contribution in [0.15, 0.2) is 0 Å². The number of rotatable bonds is 8. The van der Waals surface area contributed by atoms with E-state index in [2.05, 4.69) is 4.18 Å². The van der Waals surface area contributed by atoms with E-state index >= 15 is 0 Å². The second-order valence-electron chi connectivity index (χ2n) is 3.13. The zero-order valence-corrected chi connectivity index (χ0v) is 10.2. The van der Waals surface area contributed by atoms with Gasteiger partial charge in [-0.1, -0.05) is 12.8 Å². The first-order valence-corrected chi connectivity index (χ1v) is 7.69. The maximum atomic E-state index is 10.8. The molecule has 8 heteroatoms. The quantitative estimate of drug-likeness (QED) is 0.385. The highest BCUT2D eigenvalue weighted by Crippen LogP contribution is 2.04. The van der Waals surface area contributed by atoms with Gasteiger partial charge in [-0.15, -0.1) is 0 Å². The van der Waals surface area contributed by atoms with Gasteiger partial charge in [0.05, 0.1) is 18.6 Å². The summed E-state index contributed by atoms with van der Waals surface area (Å²) in [5.41, 5.74) is 0. The summed E-state index contributed by atoms with van der Waals surface area (Å²) in [7, 11) is -6.19. The lowest BCUT2D eigenvalue weighted by Gasteiger charge is -2.01. The van der Waals surface area contributed by atoms with Crippen molar-refractivity contribution < 1.29 is 25.6 Å². The highest BCUT2D eigenvalue weighted by Gasteiger charge is 2.08. The van der Waals surface area contributed by atoms with E-state index in [-0.39, 0.29) is 11.5 Å². The Morgan fingerprint density at radius 1 is 0.933 bits per heavy atom. The summed E-state index contributed by atoms with van der Waals surface area (Å²) in [6.07, 6.45) is 1.94. The molecule has 92 valence electrons. The smallest absolute Gasteiger partial charge is 0.267 e. The lowest BCUT2D eigenvalue weighted by atomic mass is 10.2. The van der Waals surface area contributed by atoms with Crippen molar-refractivity contribution in [1.29, 1.82) is 0 Å². The van der Waals surface area contributed by atoms with Crippen molar-refractivity contribution >= 4 is 20.2 Å². The van der Waals surface area contributed by atoms with Crippen molar-refractivity contribution in [2.75, 3.05) is 18.6 Å². The third-order valence-corrected chi connectivity index (χ3v) is 3.90. The molecule has 0 bridgehead atoms. The zero-order chi connectivity index (χ0) is 11.9. The van der Waals surface area contributed by atoms with Crippen LogP contribution in [0.3, 0.4) is 0 Å². The maximum Gasteiger partial charge on any atom is 0.267 e. The first-order valence-electron chi connectivity index (χ1n) is 4.50. The molecule has 0 atom stereocenters. The molecule has 0 aromatic heterocycles. The minimum Gasteiger partial charge on any atom is -0.286 e. The molecule has 0 amide bonds. The van der Waals surface area contributed by atoms with Gasteiger partial charge in [0.25, 0.3) is 20.2 Å². The summed E-state index contributed by atoms with van der Waals surface area (Å²) in [5, 5.41) is 0. The highest BCUT2D eigenvalue weighted by molar-refractivity contribution is 7.86. The van der Waals surface area contributed by atoms with Gasteiger partial charge >= 0.3 is 0 Å². The number of hydrogen-bond acceptors (Lipinski definition) is 5. The fourth-order valence-corrected chi connectivity index (χ4v) is 2.29. The van der Waals surface area contributed by atoms with Crippen LogP contribution in [0.4, 0.5) is 0 Å².